The van der Waals surface area contributed by atoms with Gasteiger partial charge in [0.05, 0.1) is 56.6 Å². The van der Waals surface area contributed by atoms with Gasteiger partial charge in [-0.05, 0) is 52.0 Å². The number of methoxy groups -OCH3 is 2. The van der Waals surface area contributed by atoms with Gasteiger partial charge < -0.3 is 28.7 Å². The lowest BCUT2D eigenvalue weighted by atomic mass is 9.92. The van der Waals surface area contributed by atoms with Crippen LogP contribution in [0.1, 0.15) is 58.6 Å². The molecule has 216 valence electrons. The van der Waals surface area contributed by atoms with Crippen LogP contribution in [0, 0.1) is 5.92 Å². The third kappa shape index (κ3) is 5.99. The van der Waals surface area contributed by atoms with Gasteiger partial charge >= 0.3 is 11.9 Å². The quantitative estimate of drug-likeness (QED) is 0.398. The molecule has 3 heterocycles. The lowest BCUT2D eigenvalue weighted by molar-refractivity contribution is -0.151. The van der Waals surface area contributed by atoms with Gasteiger partial charge in [0.1, 0.15) is 0 Å². The highest BCUT2D eigenvalue weighted by Crippen LogP contribution is 2.49. The molecular formula is C29H37N3O7S. The van der Waals surface area contributed by atoms with Crippen molar-refractivity contribution in [3.8, 4) is 11.5 Å². The number of amides is 1. The number of likely N-dealkylation sites (tertiary alicyclic amines) is 1. The van der Waals surface area contributed by atoms with E-state index in [2.05, 4.69) is 0 Å². The summed E-state index contributed by atoms with van der Waals surface area (Å²) < 4.78 is 22.2. The Hall–Kier alpha value is -3.47. The maximum absolute atomic E-state index is 13.6. The van der Waals surface area contributed by atoms with Gasteiger partial charge in [0, 0.05) is 24.4 Å². The number of hydrogen-bond acceptors (Lipinski definition) is 10. The number of allylic oxidation sites excluding steroid dienone is 1. The third-order valence-corrected chi connectivity index (χ3v) is 7.91. The SMILES string of the molecule is CCOC(=O)C1CCCN(C(=O)CC2=CSC3=NC(C)=C(C(=O)OC(C)C)C(c4cccc(OC)c4OC)N23)C1. The van der Waals surface area contributed by atoms with Crippen LogP contribution in [0.2, 0.25) is 0 Å². The minimum Gasteiger partial charge on any atom is -0.493 e. The molecule has 0 saturated carbocycles. The molecule has 40 heavy (non-hydrogen) atoms. The second-order valence-corrected chi connectivity index (χ2v) is 10.9. The fourth-order valence-corrected chi connectivity index (χ4v) is 6.22. The third-order valence-electron chi connectivity index (χ3n) is 7.02. The van der Waals surface area contributed by atoms with Crippen LogP contribution in [0.15, 0.2) is 45.6 Å². The van der Waals surface area contributed by atoms with Crippen molar-refractivity contribution in [2.45, 2.75) is 59.1 Å². The molecule has 4 rings (SSSR count). The van der Waals surface area contributed by atoms with Crippen molar-refractivity contribution in [2.24, 2.45) is 10.9 Å². The van der Waals surface area contributed by atoms with Gasteiger partial charge in [-0.2, -0.15) is 0 Å². The number of para-hydroxylation sites is 1. The van der Waals surface area contributed by atoms with Crippen molar-refractivity contribution < 1.29 is 33.3 Å². The molecule has 0 N–H and O–H groups in total. The summed E-state index contributed by atoms with van der Waals surface area (Å²) in [6.45, 7) is 8.38. The number of hydrogen-bond donors (Lipinski definition) is 0. The zero-order chi connectivity index (χ0) is 29.0. The second kappa shape index (κ2) is 12.8. The van der Waals surface area contributed by atoms with E-state index in [-0.39, 0.29) is 30.3 Å². The van der Waals surface area contributed by atoms with Gasteiger partial charge in [0.25, 0.3) is 0 Å². The molecule has 1 aromatic rings. The molecule has 10 nitrogen and oxygen atoms in total. The molecule has 2 unspecified atom stereocenters. The van der Waals surface area contributed by atoms with Crippen molar-refractivity contribution >= 4 is 34.8 Å². The summed E-state index contributed by atoms with van der Waals surface area (Å²) in [5.41, 5.74) is 2.29. The molecule has 11 heteroatoms. The first-order valence-corrected chi connectivity index (χ1v) is 14.4. The first kappa shape index (κ1) is 29.5. The van der Waals surface area contributed by atoms with Crippen molar-refractivity contribution in [1.29, 1.82) is 0 Å². The molecule has 3 aliphatic heterocycles. The first-order valence-electron chi connectivity index (χ1n) is 13.5. The second-order valence-electron chi connectivity index (χ2n) is 10.0. The van der Waals surface area contributed by atoms with Gasteiger partial charge in [0.2, 0.25) is 5.91 Å². The number of carbonyl (C=O) groups is 3. The molecule has 3 aliphatic rings. The van der Waals surface area contributed by atoms with Gasteiger partial charge in [-0.25, -0.2) is 9.79 Å². The Morgan fingerprint density at radius 1 is 1.18 bits per heavy atom. The van der Waals surface area contributed by atoms with E-state index in [1.54, 1.807) is 52.9 Å². The van der Waals surface area contributed by atoms with Crippen LogP contribution >= 0.6 is 11.8 Å². The van der Waals surface area contributed by atoms with Gasteiger partial charge in [-0.3, -0.25) is 9.59 Å². The Morgan fingerprint density at radius 3 is 2.62 bits per heavy atom. The number of rotatable bonds is 9. The number of piperidine rings is 1. The smallest absolute Gasteiger partial charge is 0.338 e. The molecule has 1 aromatic carbocycles. The summed E-state index contributed by atoms with van der Waals surface area (Å²) in [6.07, 6.45) is 1.18. The van der Waals surface area contributed by atoms with E-state index in [0.29, 0.717) is 65.3 Å². The van der Waals surface area contributed by atoms with E-state index < -0.39 is 12.0 Å². The zero-order valence-electron chi connectivity index (χ0n) is 23.9. The fourth-order valence-electron chi connectivity index (χ4n) is 5.25. The Labute approximate surface area is 239 Å². The maximum atomic E-state index is 13.6. The standard InChI is InChI=1S/C29H37N3O7S/c1-7-38-27(34)19-10-9-13-31(15-19)23(33)14-20-16-40-29-30-18(4)24(28(35)39-17(2)3)25(32(20)29)21-11-8-12-22(36-5)26(21)37-6/h8,11-12,16-17,19,25H,7,9-10,13-15H2,1-6H3. The normalized spacial score (nSPS) is 20.6. The van der Waals surface area contributed by atoms with Gasteiger partial charge in [-0.1, -0.05) is 23.9 Å². The van der Waals surface area contributed by atoms with Crippen molar-refractivity contribution in [2.75, 3.05) is 33.9 Å². The summed E-state index contributed by atoms with van der Waals surface area (Å²) in [5, 5.41) is 2.55. The summed E-state index contributed by atoms with van der Waals surface area (Å²) >= 11 is 1.40. The van der Waals surface area contributed by atoms with Crippen LogP contribution in [0.5, 0.6) is 11.5 Å². The van der Waals surface area contributed by atoms with E-state index in [0.717, 1.165) is 6.42 Å². The molecule has 2 atom stereocenters. The average molecular weight is 572 g/mol. The summed E-state index contributed by atoms with van der Waals surface area (Å²) in [7, 11) is 3.11. The average Bonchev–Trinajstić information content (AvgIpc) is 3.33. The number of nitrogens with zero attached hydrogens (tertiary/aromatic N) is 3. The van der Waals surface area contributed by atoms with Crippen molar-refractivity contribution in [3.05, 3.63) is 46.1 Å². The Bertz CT molecular complexity index is 1260. The van der Waals surface area contributed by atoms with Crippen molar-refractivity contribution in [3.63, 3.8) is 0 Å². The predicted molar refractivity (Wildman–Crippen MR) is 152 cm³/mol. The molecular weight excluding hydrogens is 534 g/mol. The van der Waals surface area contributed by atoms with Crippen molar-refractivity contribution in [1.82, 2.24) is 9.80 Å². The number of aliphatic imine (C=N–C) groups is 1. The highest BCUT2D eigenvalue weighted by molar-refractivity contribution is 8.16. The lowest BCUT2D eigenvalue weighted by Gasteiger charge is -2.38. The number of fused-ring (bicyclic) bond motifs is 1. The van der Waals surface area contributed by atoms with E-state index in [1.807, 2.05) is 22.4 Å². The monoisotopic (exact) mass is 571 g/mol. The number of benzene rings is 1. The van der Waals surface area contributed by atoms with E-state index >= 15 is 0 Å². The molecule has 1 fully saturated rings. The van der Waals surface area contributed by atoms with Crippen LogP contribution < -0.4 is 9.47 Å². The Morgan fingerprint density at radius 2 is 1.95 bits per heavy atom. The summed E-state index contributed by atoms with van der Waals surface area (Å²) in [5.74, 6) is -0.175. The molecule has 0 aromatic heterocycles. The van der Waals surface area contributed by atoms with Crippen LogP contribution in [0.3, 0.4) is 0 Å². The molecule has 0 aliphatic carbocycles. The molecule has 0 radical (unpaired) electrons. The van der Waals surface area contributed by atoms with Crippen LogP contribution in [0.25, 0.3) is 0 Å². The van der Waals surface area contributed by atoms with E-state index in [4.69, 9.17) is 23.9 Å². The van der Waals surface area contributed by atoms with E-state index in [9.17, 15) is 14.4 Å². The summed E-state index contributed by atoms with van der Waals surface area (Å²) in [6, 6.07) is 4.84. The minimum absolute atomic E-state index is 0.0793. The number of ether oxygens (including phenoxy) is 4. The largest absolute Gasteiger partial charge is 0.493 e. The van der Waals surface area contributed by atoms with Crippen LogP contribution in [-0.2, 0) is 23.9 Å². The molecule has 1 saturated heterocycles. The summed E-state index contributed by atoms with van der Waals surface area (Å²) in [4.78, 5) is 47.8. The Kier molecular flexibility index (Phi) is 9.44. The van der Waals surface area contributed by atoms with Gasteiger partial charge in [0.15, 0.2) is 16.7 Å². The van der Waals surface area contributed by atoms with Crippen LogP contribution in [0.4, 0.5) is 0 Å². The number of carbonyl (C=O) groups excluding carboxylic acids is 3. The maximum Gasteiger partial charge on any atom is 0.338 e. The minimum atomic E-state index is -0.661. The topological polar surface area (TPSA) is 107 Å². The number of amidine groups is 1. The predicted octanol–water partition coefficient (Wildman–Crippen LogP) is 4.42. The lowest BCUT2D eigenvalue weighted by Crippen LogP contribution is -2.44. The van der Waals surface area contributed by atoms with E-state index in [1.165, 1.54) is 11.8 Å². The van der Waals surface area contributed by atoms with Crippen LogP contribution in [-0.4, -0.2) is 72.8 Å². The highest BCUT2D eigenvalue weighted by atomic mass is 32.2. The van der Waals surface area contributed by atoms with Gasteiger partial charge in [-0.15, -0.1) is 0 Å². The first-order chi connectivity index (χ1) is 19.2. The number of esters is 2. The molecule has 0 bridgehead atoms. The highest BCUT2D eigenvalue weighted by Gasteiger charge is 2.43. The number of thioether (sulfide) groups is 1. The zero-order valence-corrected chi connectivity index (χ0v) is 24.7. The molecule has 1 amide bonds. The molecule has 0 spiro atoms. The fraction of sp³-hybridized carbons (Fsp3) is 0.517. The Balaban J connectivity index is 1.69.